The third-order valence-electron chi connectivity index (χ3n) is 3.20. The summed E-state index contributed by atoms with van der Waals surface area (Å²) in [5.41, 5.74) is -0.0575. The topological polar surface area (TPSA) is 58.6 Å². The van der Waals surface area contributed by atoms with Crippen molar-refractivity contribution in [1.82, 2.24) is 10.2 Å². The summed E-state index contributed by atoms with van der Waals surface area (Å²) in [5.74, 6) is -2.39. The van der Waals surface area contributed by atoms with E-state index in [2.05, 4.69) is 5.32 Å². The molecule has 1 atom stereocenters. The number of likely N-dealkylation sites (N-methyl/N-ethyl adjacent to an activating group) is 1. The number of hydrogen-bond donors (Lipinski definition) is 1. The third-order valence-corrected chi connectivity index (χ3v) is 3.20. The normalized spacial score (nSPS) is 12.5. The van der Waals surface area contributed by atoms with Gasteiger partial charge in [0.15, 0.2) is 11.6 Å². The highest BCUT2D eigenvalue weighted by Gasteiger charge is 2.21. The average molecular weight is 342 g/mol. The summed E-state index contributed by atoms with van der Waals surface area (Å²) < 4.78 is 31.3. The molecule has 24 heavy (non-hydrogen) atoms. The van der Waals surface area contributed by atoms with Crippen molar-refractivity contribution < 1.29 is 23.1 Å². The van der Waals surface area contributed by atoms with Gasteiger partial charge in [-0.15, -0.1) is 0 Å². The van der Waals surface area contributed by atoms with E-state index >= 15 is 0 Å². The summed E-state index contributed by atoms with van der Waals surface area (Å²) >= 11 is 0. The molecular formula is C17H24F2N2O3. The molecule has 5 nitrogen and oxygen atoms in total. The zero-order valence-electron chi connectivity index (χ0n) is 14.7. The van der Waals surface area contributed by atoms with E-state index in [1.807, 2.05) is 0 Å². The van der Waals surface area contributed by atoms with Crippen molar-refractivity contribution in [3.8, 4) is 0 Å². The molecule has 0 unspecified atom stereocenters. The van der Waals surface area contributed by atoms with E-state index in [0.717, 1.165) is 12.1 Å². The van der Waals surface area contributed by atoms with Gasteiger partial charge < -0.3 is 15.0 Å². The van der Waals surface area contributed by atoms with Crippen LogP contribution in [0.5, 0.6) is 0 Å². The molecule has 2 amide bonds. The minimum atomic E-state index is -0.921. The van der Waals surface area contributed by atoms with E-state index in [1.54, 1.807) is 27.7 Å². The maximum Gasteiger partial charge on any atom is 0.410 e. The summed E-state index contributed by atoms with van der Waals surface area (Å²) in [7, 11) is 1.46. The van der Waals surface area contributed by atoms with E-state index in [0.29, 0.717) is 5.56 Å². The van der Waals surface area contributed by atoms with Gasteiger partial charge in [0.1, 0.15) is 12.1 Å². The van der Waals surface area contributed by atoms with Gasteiger partial charge in [-0.2, -0.15) is 0 Å². The predicted molar refractivity (Wildman–Crippen MR) is 86.6 cm³/mol. The minimum Gasteiger partial charge on any atom is -0.444 e. The molecule has 1 aromatic rings. The highest BCUT2D eigenvalue weighted by atomic mass is 19.2. The predicted octanol–water partition coefficient (Wildman–Crippen LogP) is 3.05. The molecule has 0 bridgehead atoms. The molecule has 0 aromatic heterocycles. The Balaban J connectivity index is 2.47. The number of rotatable bonds is 5. The fourth-order valence-electron chi connectivity index (χ4n) is 1.88. The van der Waals surface area contributed by atoms with Gasteiger partial charge in [0.25, 0.3) is 0 Å². The lowest BCUT2D eigenvalue weighted by atomic mass is 10.0. The second-order valence-electron chi connectivity index (χ2n) is 6.72. The van der Waals surface area contributed by atoms with E-state index in [-0.39, 0.29) is 24.9 Å². The Morgan fingerprint density at radius 3 is 2.42 bits per heavy atom. The van der Waals surface area contributed by atoms with Crippen LogP contribution in [0, 0.1) is 11.6 Å². The molecule has 0 spiro atoms. The molecule has 0 saturated carbocycles. The van der Waals surface area contributed by atoms with Crippen LogP contribution in [-0.2, 0) is 9.53 Å². The molecule has 7 heteroatoms. The molecule has 0 aliphatic rings. The van der Waals surface area contributed by atoms with Crippen molar-refractivity contribution in [2.24, 2.45) is 0 Å². The van der Waals surface area contributed by atoms with Gasteiger partial charge in [0.2, 0.25) is 5.91 Å². The summed E-state index contributed by atoms with van der Waals surface area (Å²) in [6, 6.07) is 3.64. The SMILES string of the molecule is C[C@@H](CNC(=O)CN(C)C(=O)OC(C)(C)C)c1ccc(F)c(F)c1. The molecule has 1 aromatic carbocycles. The van der Waals surface area contributed by atoms with E-state index < -0.39 is 23.3 Å². The van der Waals surface area contributed by atoms with Crippen LogP contribution in [0.2, 0.25) is 0 Å². The highest BCUT2D eigenvalue weighted by molar-refractivity contribution is 5.82. The van der Waals surface area contributed by atoms with Crippen LogP contribution in [0.4, 0.5) is 13.6 Å². The minimum absolute atomic E-state index is 0.153. The maximum atomic E-state index is 13.2. The molecule has 1 N–H and O–H groups in total. The number of amides is 2. The van der Waals surface area contributed by atoms with Crippen LogP contribution in [0.25, 0.3) is 0 Å². The van der Waals surface area contributed by atoms with Crippen molar-refractivity contribution in [2.75, 3.05) is 20.1 Å². The largest absolute Gasteiger partial charge is 0.444 e. The van der Waals surface area contributed by atoms with Crippen molar-refractivity contribution in [2.45, 2.75) is 39.2 Å². The lowest BCUT2D eigenvalue weighted by Gasteiger charge is -2.24. The summed E-state index contributed by atoms with van der Waals surface area (Å²) in [6.45, 7) is 7.09. The van der Waals surface area contributed by atoms with Crippen LogP contribution >= 0.6 is 0 Å². The van der Waals surface area contributed by atoms with Gasteiger partial charge in [-0.1, -0.05) is 13.0 Å². The first kappa shape index (κ1) is 19.9. The standard InChI is InChI=1S/C17H24F2N2O3/c1-11(12-6-7-13(18)14(19)8-12)9-20-15(22)10-21(5)16(23)24-17(2,3)4/h6-8,11H,9-10H2,1-5H3,(H,20,22)/t11-/m0/s1. The van der Waals surface area contributed by atoms with Gasteiger partial charge in [0, 0.05) is 13.6 Å². The molecule has 0 saturated heterocycles. The smallest absolute Gasteiger partial charge is 0.410 e. The summed E-state index contributed by atoms with van der Waals surface area (Å²) in [6.07, 6.45) is -0.591. The number of halogens is 2. The van der Waals surface area contributed by atoms with E-state index in [1.165, 1.54) is 18.0 Å². The summed E-state index contributed by atoms with van der Waals surface area (Å²) in [5, 5.41) is 2.66. The first-order chi connectivity index (χ1) is 11.0. The molecular weight excluding hydrogens is 318 g/mol. The molecule has 0 heterocycles. The zero-order valence-corrected chi connectivity index (χ0v) is 14.7. The third kappa shape index (κ3) is 6.52. The Labute approximate surface area is 141 Å². The van der Waals surface area contributed by atoms with Crippen LogP contribution in [0.1, 0.15) is 39.2 Å². The fourth-order valence-corrected chi connectivity index (χ4v) is 1.88. The molecule has 0 aliphatic carbocycles. The summed E-state index contributed by atoms with van der Waals surface area (Å²) in [4.78, 5) is 24.8. The van der Waals surface area contributed by atoms with Crippen LogP contribution in [0.15, 0.2) is 18.2 Å². The van der Waals surface area contributed by atoms with Crippen molar-refractivity contribution in [3.05, 3.63) is 35.4 Å². The Morgan fingerprint density at radius 2 is 1.88 bits per heavy atom. The lowest BCUT2D eigenvalue weighted by Crippen LogP contribution is -2.41. The maximum absolute atomic E-state index is 13.2. The first-order valence-corrected chi connectivity index (χ1v) is 7.65. The van der Waals surface area contributed by atoms with Crippen LogP contribution in [-0.4, -0.2) is 42.6 Å². The average Bonchev–Trinajstić information content (AvgIpc) is 2.45. The fraction of sp³-hybridized carbons (Fsp3) is 0.529. The number of hydrogen-bond acceptors (Lipinski definition) is 3. The highest BCUT2D eigenvalue weighted by Crippen LogP contribution is 2.17. The Morgan fingerprint density at radius 1 is 1.25 bits per heavy atom. The van der Waals surface area contributed by atoms with Crippen molar-refractivity contribution in [1.29, 1.82) is 0 Å². The number of nitrogens with one attached hydrogen (secondary N) is 1. The van der Waals surface area contributed by atoms with Gasteiger partial charge in [0.05, 0.1) is 0 Å². The molecule has 0 radical (unpaired) electrons. The second kappa shape index (κ2) is 8.08. The quantitative estimate of drug-likeness (QED) is 0.895. The number of carbonyl (C=O) groups is 2. The Hall–Kier alpha value is -2.18. The first-order valence-electron chi connectivity index (χ1n) is 7.65. The van der Waals surface area contributed by atoms with Gasteiger partial charge in [-0.25, -0.2) is 13.6 Å². The Kier molecular flexibility index (Phi) is 6.69. The van der Waals surface area contributed by atoms with Gasteiger partial charge in [-0.3, -0.25) is 4.79 Å². The monoisotopic (exact) mass is 342 g/mol. The number of ether oxygens (including phenoxy) is 1. The Bertz CT molecular complexity index is 600. The van der Waals surface area contributed by atoms with Crippen LogP contribution < -0.4 is 5.32 Å². The van der Waals surface area contributed by atoms with Crippen molar-refractivity contribution >= 4 is 12.0 Å². The molecule has 0 aliphatic heterocycles. The van der Waals surface area contributed by atoms with Gasteiger partial charge in [-0.05, 0) is 44.4 Å². The van der Waals surface area contributed by atoms with E-state index in [9.17, 15) is 18.4 Å². The number of carbonyl (C=O) groups excluding carboxylic acids is 2. The molecule has 0 fully saturated rings. The van der Waals surface area contributed by atoms with Crippen LogP contribution in [0.3, 0.4) is 0 Å². The van der Waals surface area contributed by atoms with Crippen molar-refractivity contribution in [3.63, 3.8) is 0 Å². The van der Waals surface area contributed by atoms with E-state index in [4.69, 9.17) is 4.74 Å². The molecule has 134 valence electrons. The number of nitrogens with zero attached hydrogens (tertiary/aromatic N) is 1. The molecule has 1 rings (SSSR count). The lowest BCUT2D eigenvalue weighted by molar-refractivity contribution is -0.122. The second-order valence-corrected chi connectivity index (χ2v) is 6.72. The zero-order chi connectivity index (χ0) is 18.5. The number of benzene rings is 1. The van der Waals surface area contributed by atoms with Gasteiger partial charge >= 0.3 is 6.09 Å².